The predicted molar refractivity (Wildman–Crippen MR) is 209 cm³/mol. The Labute approximate surface area is 286 Å². The van der Waals surface area contributed by atoms with Gasteiger partial charge in [-0.05, 0) is 97.1 Å². The highest BCUT2D eigenvalue weighted by atomic mass is 32.1. The highest BCUT2D eigenvalue weighted by Gasteiger charge is 2.30. The molecule has 1 nitrogen and oxygen atoms in total. The van der Waals surface area contributed by atoms with Crippen molar-refractivity contribution in [2.24, 2.45) is 0 Å². The maximum Gasteiger partial charge on any atom is 0.0723 e. The Morgan fingerprint density at radius 3 is 1.96 bits per heavy atom. The van der Waals surface area contributed by atoms with E-state index < -0.39 is 0 Å². The molecule has 0 spiro atoms. The summed E-state index contributed by atoms with van der Waals surface area (Å²) in [5.41, 5.74) is 17.4. The summed E-state index contributed by atoms with van der Waals surface area (Å²) in [5, 5.41) is 8.18. The lowest BCUT2D eigenvalue weighted by Gasteiger charge is -2.13. The van der Waals surface area contributed by atoms with Gasteiger partial charge in [-0.15, -0.1) is 11.3 Å². The average Bonchev–Trinajstić information content (AvgIpc) is 3.91. The topological polar surface area (TPSA) is 4.93 Å². The van der Waals surface area contributed by atoms with Gasteiger partial charge in [0.2, 0.25) is 0 Å². The largest absolute Gasteiger partial charge is 0.308 e. The third-order valence-corrected chi connectivity index (χ3v) is 12.4. The first-order valence-corrected chi connectivity index (χ1v) is 17.9. The van der Waals surface area contributed by atoms with E-state index in [2.05, 4.69) is 156 Å². The van der Waals surface area contributed by atoms with Crippen LogP contribution in [0.3, 0.4) is 0 Å². The summed E-state index contributed by atoms with van der Waals surface area (Å²) >= 11 is 1.94. The molecular formula is C47H27NS. The smallest absolute Gasteiger partial charge is 0.0723 e. The first-order valence-electron chi connectivity index (χ1n) is 17.1. The van der Waals surface area contributed by atoms with Crippen LogP contribution in [0.15, 0.2) is 152 Å². The van der Waals surface area contributed by atoms with Gasteiger partial charge in [0.05, 0.1) is 15.7 Å². The van der Waals surface area contributed by atoms with Gasteiger partial charge in [-0.25, -0.2) is 0 Å². The number of hydrogen-bond acceptors (Lipinski definition) is 1. The fraction of sp³-hybridized carbons (Fsp3) is 0.0213. The average molecular weight is 638 g/mol. The molecule has 2 aromatic heterocycles. The number of rotatable bonds is 2. The SMILES string of the molecule is c1ccc2c(c1)Cc1c-2c2c3ccccc3sc2c2c1c1ccccc1n2-c1ccc(-c2ccc3c4c(cccc24)-c2ccccc2-3)cc1. The van der Waals surface area contributed by atoms with Gasteiger partial charge < -0.3 is 4.57 Å². The lowest BCUT2D eigenvalue weighted by Crippen LogP contribution is -1.95. The lowest BCUT2D eigenvalue weighted by molar-refractivity contribution is 1.19. The number of fused-ring (bicyclic) bond motifs is 15. The number of para-hydroxylation sites is 1. The first-order chi connectivity index (χ1) is 24.3. The Morgan fingerprint density at radius 1 is 0.449 bits per heavy atom. The molecule has 0 fully saturated rings. The van der Waals surface area contributed by atoms with Gasteiger partial charge in [-0.2, -0.15) is 0 Å². The van der Waals surface area contributed by atoms with E-state index in [1.54, 1.807) is 0 Å². The third kappa shape index (κ3) is 3.29. The summed E-state index contributed by atoms with van der Waals surface area (Å²) in [6.45, 7) is 0. The van der Waals surface area contributed by atoms with Crippen molar-refractivity contribution in [2.45, 2.75) is 6.42 Å². The molecule has 2 aliphatic carbocycles. The van der Waals surface area contributed by atoms with E-state index >= 15 is 0 Å². The second-order valence-corrected chi connectivity index (χ2v) is 14.6. The molecule has 0 aliphatic heterocycles. The Kier molecular flexibility index (Phi) is 4.97. The van der Waals surface area contributed by atoms with E-state index in [1.807, 2.05) is 11.3 Å². The monoisotopic (exact) mass is 637 g/mol. The third-order valence-electron chi connectivity index (χ3n) is 11.2. The number of hydrogen-bond donors (Lipinski definition) is 0. The maximum absolute atomic E-state index is 2.54. The van der Waals surface area contributed by atoms with E-state index in [1.165, 1.54) is 114 Å². The van der Waals surface area contributed by atoms with Crippen LogP contribution >= 0.6 is 11.3 Å². The summed E-state index contributed by atoms with van der Waals surface area (Å²) in [6, 6.07) is 56.6. The van der Waals surface area contributed by atoms with E-state index in [-0.39, 0.29) is 0 Å². The molecule has 2 heteroatoms. The highest BCUT2D eigenvalue weighted by Crippen LogP contribution is 2.54. The van der Waals surface area contributed by atoms with Gasteiger partial charge in [0.15, 0.2) is 0 Å². The fourth-order valence-corrected chi connectivity index (χ4v) is 10.4. The van der Waals surface area contributed by atoms with E-state index in [0.29, 0.717) is 0 Å². The summed E-state index contributed by atoms with van der Waals surface area (Å²) in [4.78, 5) is 0. The quantitative estimate of drug-likeness (QED) is 0.178. The fourth-order valence-electron chi connectivity index (χ4n) is 9.20. The Balaban J connectivity index is 1.12. The molecule has 12 rings (SSSR count). The number of thiophene rings is 1. The zero-order chi connectivity index (χ0) is 31.8. The minimum atomic E-state index is 0.962. The van der Waals surface area contributed by atoms with E-state index in [0.717, 1.165) is 6.42 Å². The standard InChI is InChI=1S/C47H27NS/c1-2-11-31-28(10-1)26-39-43(31)45-38-15-6-8-19-41(38)49-47(45)46-44(39)37-14-5-7-18-40(37)48(46)29-22-20-27(21-23-29)30-24-25-36-33-13-4-3-12-32(33)35-17-9-16-34(30)42(35)36/h1-25H,26H2. The molecular weight excluding hydrogens is 611 g/mol. The van der Waals surface area contributed by atoms with Crippen molar-refractivity contribution in [3.05, 3.63) is 163 Å². The van der Waals surface area contributed by atoms with Crippen LogP contribution < -0.4 is 0 Å². The van der Waals surface area contributed by atoms with Crippen molar-refractivity contribution >= 4 is 64.1 Å². The zero-order valence-corrected chi connectivity index (χ0v) is 27.3. The van der Waals surface area contributed by atoms with Crippen molar-refractivity contribution in [1.29, 1.82) is 0 Å². The summed E-state index contributed by atoms with van der Waals surface area (Å²) in [7, 11) is 0. The number of aromatic nitrogens is 1. The Morgan fingerprint density at radius 2 is 1.10 bits per heavy atom. The van der Waals surface area contributed by atoms with Crippen LogP contribution in [0, 0.1) is 0 Å². The molecule has 226 valence electrons. The number of benzene rings is 8. The van der Waals surface area contributed by atoms with Crippen molar-refractivity contribution in [3.63, 3.8) is 0 Å². The van der Waals surface area contributed by atoms with Crippen LogP contribution in [-0.2, 0) is 6.42 Å². The van der Waals surface area contributed by atoms with Crippen LogP contribution in [0.1, 0.15) is 11.1 Å². The molecule has 2 heterocycles. The van der Waals surface area contributed by atoms with Gasteiger partial charge >= 0.3 is 0 Å². The molecule has 0 radical (unpaired) electrons. The molecule has 2 aliphatic rings. The van der Waals surface area contributed by atoms with Crippen molar-refractivity contribution in [1.82, 2.24) is 4.57 Å². The molecule has 0 saturated carbocycles. The lowest BCUT2D eigenvalue weighted by atomic mass is 9.94. The minimum absolute atomic E-state index is 0.962. The van der Waals surface area contributed by atoms with E-state index in [9.17, 15) is 0 Å². The van der Waals surface area contributed by atoms with Crippen molar-refractivity contribution in [2.75, 3.05) is 0 Å². The van der Waals surface area contributed by atoms with Crippen molar-refractivity contribution in [3.8, 4) is 50.2 Å². The molecule has 0 saturated heterocycles. The molecule has 0 N–H and O–H groups in total. The molecule has 10 aromatic rings. The summed E-state index contributed by atoms with van der Waals surface area (Å²) in [5.74, 6) is 0. The molecule has 8 aromatic carbocycles. The normalized spacial score (nSPS) is 12.8. The van der Waals surface area contributed by atoms with Crippen LogP contribution in [0.2, 0.25) is 0 Å². The predicted octanol–water partition coefficient (Wildman–Crippen LogP) is 13.2. The van der Waals surface area contributed by atoms with Crippen LogP contribution in [-0.4, -0.2) is 4.57 Å². The van der Waals surface area contributed by atoms with Gasteiger partial charge in [0, 0.05) is 31.9 Å². The van der Waals surface area contributed by atoms with Gasteiger partial charge in [0.25, 0.3) is 0 Å². The van der Waals surface area contributed by atoms with Crippen LogP contribution in [0.5, 0.6) is 0 Å². The summed E-state index contributed by atoms with van der Waals surface area (Å²) in [6.07, 6.45) is 0.962. The highest BCUT2D eigenvalue weighted by molar-refractivity contribution is 7.26. The number of nitrogens with zero attached hydrogens (tertiary/aromatic N) is 1. The van der Waals surface area contributed by atoms with Gasteiger partial charge in [0.1, 0.15) is 0 Å². The first kappa shape index (κ1) is 26.0. The Hall–Kier alpha value is -5.96. The zero-order valence-electron chi connectivity index (χ0n) is 26.5. The second-order valence-electron chi connectivity index (χ2n) is 13.5. The molecule has 0 unspecified atom stereocenters. The molecule has 0 amide bonds. The molecule has 0 atom stereocenters. The minimum Gasteiger partial charge on any atom is -0.308 e. The maximum atomic E-state index is 2.54. The van der Waals surface area contributed by atoms with Gasteiger partial charge in [-0.1, -0.05) is 127 Å². The molecule has 0 bridgehead atoms. The van der Waals surface area contributed by atoms with E-state index in [4.69, 9.17) is 0 Å². The summed E-state index contributed by atoms with van der Waals surface area (Å²) < 4.78 is 5.26. The van der Waals surface area contributed by atoms with Crippen molar-refractivity contribution < 1.29 is 0 Å². The van der Waals surface area contributed by atoms with Crippen LogP contribution in [0.25, 0.3) is 103 Å². The molecule has 49 heavy (non-hydrogen) atoms. The Bertz CT molecular complexity index is 3030. The second kappa shape index (κ2) is 9.35. The van der Waals surface area contributed by atoms with Crippen LogP contribution in [0.4, 0.5) is 0 Å². The van der Waals surface area contributed by atoms with Gasteiger partial charge in [-0.3, -0.25) is 0 Å².